The quantitative estimate of drug-likeness (QED) is 0.676. The molecule has 2 aromatic rings. The van der Waals surface area contributed by atoms with Crippen LogP contribution in [0, 0.1) is 0 Å². The van der Waals surface area contributed by atoms with E-state index < -0.39 is 0 Å². The summed E-state index contributed by atoms with van der Waals surface area (Å²) in [5.41, 5.74) is 1.34. The molecule has 0 aliphatic rings. The number of ether oxygens (including phenoxy) is 1. The minimum absolute atomic E-state index is 0.206. The number of nitrogens with one attached hydrogen (secondary N) is 2. The summed E-state index contributed by atoms with van der Waals surface area (Å²) >= 11 is 0. The van der Waals surface area contributed by atoms with Crippen LogP contribution in [0.3, 0.4) is 0 Å². The van der Waals surface area contributed by atoms with E-state index in [2.05, 4.69) is 25.7 Å². The highest BCUT2D eigenvalue weighted by atomic mass is 16.5. The first-order chi connectivity index (χ1) is 12.1. The maximum atomic E-state index is 12.0. The number of amides is 1. The van der Waals surface area contributed by atoms with Crippen molar-refractivity contribution >= 4 is 11.7 Å². The molecule has 0 saturated carbocycles. The molecule has 7 nitrogen and oxygen atoms in total. The van der Waals surface area contributed by atoms with Crippen molar-refractivity contribution in [3.63, 3.8) is 0 Å². The number of aromatic nitrogens is 2. The van der Waals surface area contributed by atoms with Gasteiger partial charge in [0.2, 0.25) is 0 Å². The highest BCUT2D eigenvalue weighted by molar-refractivity contribution is 5.92. The van der Waals surface area contributed by atoms with Crippen molar-refractivity contribution in [2.24, 2.45) is 0 Å². The Kier molecular flexibility index (Phi) is 7.16. The third-order valence-corrected chi connectivity index (χ3v) is 3.62. The molecular weight excluding hydrogens is 318 g/mol. The molecular formula is C18H25N5O2. The second-order valence-electron chi connectivity index (χ2n) is 5.88. The zero-order chi connectivity index (χ0) is 18.1. The van der Waals surface area contributed by atoms with Crippen molar-refractivity contribution in [2.45, 2.75) is 13.0 Å². The fraction of sp³-hybridized carbons (Fsp3) is 0.389. The first-order valence-electron chi connectivity index (χ1n) is 8.22. The number of benzene rings is 1. The van der Waals surface area contributed by atoms with Crippen LogP contribution >= 0.6 is 0 Å². The summed E-state index contributed by atoms with van der Waals surface area (Å²) in [7, 11) is 5.65. The lowest BCUT2D eigenvalue weighted by Crippen LogP contribution is -2.28. The zero-order valence-corrected chi connectivity index (χ0v) is 15.0. The predicted octanol–water partition coefficient (Wildman–Crippen LogP) is 1.78. The minimum Gasteiger partial charge on any atom is -0.496 e. The summed E-state index contributed by atoms with van der Waals surface area (Å²) in [6, 6.07) is 11.2. The molecule has 7 heteroatoms. The fourth-order valence-electron chi connectivity index (χ4n) is 2.27. The second-order valence-corrected chi connectivity index (χ2v) is 5.88. The number of hydrogen-bond donors (Lipinski definition) is 2. The van der Waals surface area contributed by atoms with Gasteiger partial charge in [-0.25, -0.2) is 0 Å². The maximum absolute atomic E-state index is 12.0. The van der Waals surface area contributed by atoms with E-state index in [0.717, 1.165) is 24.3 Å². The Morgan fingerprint density at radius 2 is 1.96 bits per heavy atom. The SMILES string of the molecule is COc1ccccc1CNc1ccc(C(=O)NCCCN(C)C)nn1. The Bertz CT molecular complexity index is 673. The molecule has 1 aromatic carbocycles. The first-order valence-corrected chi connectivity index (χ1v) is 8.22. The molecule has 2 rings (SSSR count). The number of anilines is 1. The number of para-hydroxylation sites is 1. The molecule has 0 unspecified atom stereocenters. The molecule has 1 aromatic heterocycles. The van der Waals surface area contributed by atoms with Gasteiger partial charge in [0.1, 0.15) is 11.6 Å². The largest absolute Gasteiger partial charge is 0.496 e. The van der Waals surface area contributed by atoms with E-state index in [9.17, 15) is 4.79 Å². The van der Waals surface area contributed by atoms with Gasteiger partial charge >= 0.3 is 0 Å². The van der Waals surface area contributed by atoms with Gasteiger partial charge in [0.05, 0.1) is 7.11 Å². The topological polar surface area (TPSA) is 79.4 Å². The molecule has 0 atom stereocenters. The van der Waals surface area contributed by atoms with Crippen LogP contribution in [0.5, 0.6) is 5.75 Å². The number of carbonyl (C=O) groups excluding carboxylic acids is 1. The molecule has 0 aliphatic carbocycles. The molecule has 2 N–H and O–H groups in total. The molecule has 0 saturated heterocycles. The van der Waals surface area contributed by atoms with Crippen LogP contribution in [0.15, 0.2) is 36.4 Å². The molecule has 134 valence electrons. The highest BCUT2D eigenvalue weighted by Crippen LogP contribution is 2.18. The third-order valence-electron chi connectivity index (χ3n) is 3.62. The van der Waals surface area contributed by atoms with E-state index in [1.54, 1.807) is 19.2 Å². The molecule has 0 radical (unpaired) electrons. The number of carbonyl (C=O) groups is 1. The van der Waals surface area contributed by atoms with E-state index >= 15 is 0 Å². The minimum atomic E-state index is -0.206. The smallest absolute Gasteiger partial charge is 0.271 e. The van der Waals surface area contributed by atoms with Gasteiger partial charge in [-0.3, -0.25) is 4.79 Å². The summed E-state index contributed by atoms with van der Waals surface area (Å²) < 4.78 is 5.31. The van der Waals surface area contributed by atoms with Crippen LogP contribution in [-0.2, 0) is 6.54 Å². The lowest BCUT2D eigenvalue weighted by atomic mass is 10.2. The zero-order valence-electron chi connectivity index (χ0n) is 15.0. The molecule has 0 fully saturated rings. The predicted molar refractivity (Wildman–Crippen MR) is 97.9 cm³/mol. The highest BCUT2D eigenvalue weighted by Gasteiger charge is 2.08. The molecule has 1 heterocycles. The normalized spacial score (nSPS) is 10.6. The van der Waals surface area contributed by atoms with Gasteiger partial charge in [0.25, 0.3) is 5.91 Å². The van der Waals surface area contributed by atoms with Crippen molar-refractivity contribution in [2.75, 3.05) is 39.6 Å². The Morgan fingerprint density at radius 3 is 2.64 bits per heavy atom. The maximum Gasteiger partial charge on any atom is 0.271 e. The third kappa shape index (κ3) is 6.04. The Morgan fingerprint density at radius 1 is 1.16 bits per heavy atom. The summed E-state index contributed by atoms with van der Waals surface area (Å²) in [6.07, 6.45) is 0.894. The van der Waals surface area contributed by atoms with Gasteiger partial charge in [-0.2, -0.15) is 0 Å². The van der Waals surface area contributed by atoms with E-state index in [-0.39, 0.29) is 5.91 Å². The van der Waals surface area contributed by atoms with Crippen molar-refractivity contribution in [3.05, 3.63) is 47.7 Å². The van der Waals surface area contributed by atoms with Crippen LogP contribution < -0.4 is 15.4 Å². The summed E-state index contributed by atoms with van der Waals surface area (Å²) in [5.74, 6) is 1.22. The van der Waals surface area contributed by atoms with Crippen LogP contribution in [-0.4, -0.2) is 55.3 Å². The molecule has 1 amide bonds. The number of methoxy groups -OCH3 is 1. The Labute approximate surface area is 148 Å². The van der Waals surface area contributed by atoms with E-state index in [0.29, 0.717) is 24.6 Å². The van der Waals surface area contributed by atoms with Crippen LogP contribution in [0.2, 0.25) is 0 Å². The van der Waals surface area contributed by atoms with Crippen LogP contribution in [0.25, 0.3) is 0 Å². The Balaban J connectivity index is 1.84. The summed E-state index contributed by atoms with van der Waals surface area (Å²) in [4.78, 5) is 14.1. The van der Waals surface area contributed by atoms with Gasteiger partial charge in [-0.15, -0.1) is 10.2 Å². The van der Waals surface area contributed by atoms with E-state index in [1.807, 2.05) is 38.4 Å². The number of rotatable bonds is 9. The molecule has 25 heavy (non-hydrogen) atoms. The van der Waals surface area contributed by atoms with Crippen molar-refractivity contribution in [1.82, 2.24) is 20.4 Å². The average Bonchev–Trinajstić information content (AvgIpc) is 2.64. The van der Waals surface area contributed by atoms with Crippen LogP contribution in [0.4, 0.5) is 5.82 Å². The van der Waals surface area contributed by atoms with Gasteiger partial charge in [-0.1, -0.05) is 18.2 Å². The summed E-state index contributed by atoms with van der Waals surface area (Å²) in [6.45, 7) is 2.11. The first kappa shape index (κ1) is 18.7. The summed E-state index contributed by atoms with van der Waals surface area (Å²) in [5, 5.41) is 14.1. The molecule has 0 aliphatic heterocycles. The van der Waals surface area contributed by atoms with Crippen molar-refractivity contribution < 1.29 is 9.53 Å². The lowest BCUT2D eigenvalue weighted by molar-refractivity contribution is 0.0946. The molecule has 0 bridgehead atoms. The fourth-order valence-corrected chi connectivity index (χ4v) is 2.27. The monoisotopic (exact) mass is 343 g/mol. The van der Waals surface area contributed by atoms with Gasteiger partial charge < -0.3 is 20.3 Å². The Hall–Kier alpha value is -2.67. The van der Waals surface area contributed by atoms with Crippen LogP contribution in [0.1, 0.15) is 22.5 Å². The van der Waals surface area contributed by atoms with E-state index in [1.165, 1.54) is 0 Å². The lowest BCUT2D eigenvalue weighted by Gasteiger charge is -2.10. The second kappa shape index (κ2) is 9.58. The standard InChI is InChI=1S/C18H25N5O2/c1-23(2)12-6-11-19-18(24)15-9-10-17(22-21-15)20-13-14-7-4-5-8-16(14)25-3/h4-5,7-10H,6,11-13H2,1-3H3,(H,19,24)(H,20,22). The van der Waals surface area contributed by atoms with Gasteiger partial charge in [0.15, 0.2) is 5.69 Å². The van der Waals surface area contributed by atoms with Crippen molar-refractivity contribution in [1.29, 1.82) is 0 Å². The average molecular weight is 343 g/mol. The van der Waals surface area contributed by atoms with Gasteiger partial charge in [0, 0.05) is 18.7 Å². The van der Waals surface area contributed by atoms with Gasteiger partial charge in [-0.05, 0) is 45.3 Å². The van der Waals surface area contributed by atoms with E-state index in [4.69, 9.17) is 4.74 Å². The number of nitrogens with zero attached hydrogens (tertiary/aromatic N) is 3. The van der Waals surface area contributed by atoms with Crippen molar-refractivity contribution in [3.8, 4) is 5.75 Å². The number of hydrogen-bond acceptors (Lipinski definition) is 6. The molecule has 0 spiro atoms.